The fourth-order valence-corrected chi connectivity index (χ4v) is 1.85. The number of benzene rings is 1. The zero-order valence-corrected chi connectivity index (χ0v) is 11.6. The minimum atomic E-state index is 0.390. The summed E-state index contributed by atoms with van der Waals surface area (Å²) in [5, 5.41) is 0. The Morgan fingerprint density at radius 3 is 2.75 bits per heavy atom. The van der Waals surface area contributed by atoms with Gasteiger partial charge in [-0.2, -0.15) is 0 Å². The molecule has 0 unspecified atom stereocenters. The molecule has 0 radical (unpaired) electrons. The summed E-state index contributed by atoms with van der Waals surface area (Å²) in [5.74, 6) is 7.28. The summed E-state index contributed by atoms with van der Waals surface area (Å²) in [6, 6.07) is 9.38. The fourth-order valence-electron chi connectivity index (χ4n) is 1.85. The first-order valence-corrected chi connectivity index (χ1v) is 6.34. The average Bonchev–Trinajstić information content (AvgIpc) is 2.48. The zero-order chi connectivity index (χ0) is 14.4. The molecule has 0 aliphatic heterocycles. The minimum absolute atomic E-state index is 0.390. The molecule has 0 spiro atoms. The number of nitrogens with one attached hydrogen (secondary N) is 1. The number of hydrazine groups is 1. The molecule has 0 aliphatic carbocycles. The number of ether oxygens (including phenoxy) is 2. The van der Waals surface area contributed by atoms with Crippen LogP contribution < -0.4 is 16.0 Å². The van der Waals surface area contributed by atoms with E-state index < -0.39 is 0 Å². The lowest BCUT2D eigenvalue weighted by atomic mass is 10.2. The van der Waals surface area contributed by atoms with Crippen molar-refractivity contribution in [2.45, 2.75) is 13.5 Å². The number of anilines is 1. The summed E-state index contributed by atoms with van der Waals surface area (Å²) in [6.45, 7) is 2.91. The van der Waals surface area contributed by atoms with Gasteiger partial charge in [0.25, 0.3) is 0 Å². The molecule has 6 nitrogen and oxygen atoms in total. The Morgan fingerprint density at radius 1 is 1.25 bits per heavy atom. The number of nitrogen functional groups attached to an aromatic ring is 1. The van der Waals surface area contributed by atoms with Gasteiger partial charge < -0.3 is 14.9 Å². The van der Waals surface area contributed by atoms with Crippen molar-refractivity contribution >= 4 is 5.82 Å². The van der Waals surface area contributed by atoms with Crippen LogP contribution in [0.1, 0.15) is 12.6 Å². The molecule has 106 valence electrons. The summed E-state index contributed by atoms with van der Waals surface area (Å²) in [7, 11) is 1.62. The lowest BCUT2D eigenvalue weighted by Crippen LogP contribution is -2.11. The molecule has 0 atom stereocenters. The Morgan fingerprint density at radius 2 is 2.05 bits per heavy atom. The number of hydrogen-bond donors (Lipinski definition) is 2. The second-order valence-electron chi connectivity index (χ2n) is 4.07. The van der Waals surface area contributed by atoms with Gasteiger partial charge >= 0.3 is 0 Å². The van der Waals surface area contributed by atoms with E-state index in [4.69, 9.17) is 15.3 Å². The molecular formula is C14H18N4O2. The molecule has 2 aromatic rings. The number of methoxy groups -OCH3 is 1. The summed E-state index contributed by atoms with van der Waals surface area (Å²) >= 11 is 0. The van der Waals surface area contributed by atoms with Gasteiger partial charge in [0.1, 0.15) is 11.6 Å². The number of aromatic nitrogens is 2. The highest BCUT2D eigenvalue weighted by atomic mass is 16.5. The first-order valence-electron chi connectivity index (χ1n) is 6.34. The van der Waals surface area contributed by atoms with Crippen molar-refractivity contribution in [3.8, 4) is 17.1 Å². The van der Waals surface area contributed by atoms with Crippen LogP contribution in [0.15, 0.2) is 30.3 Å². The quantitative estimate of drug-likeness (QED) is 0.619. The van der Waals surface area contributed by atoms with E-state index >= 15 is 0 Å². The largest absolute Gasteiger partial charge is 0.493 e. The van der Waals surface area contributed by atoms with Crippen molar-refractivity contribution < 1.29 is 9.47 Å². The van der Waals surface area contributed by atoms with Crippen molar-refractivity contribution in [3.05, 3.63) is 36.0 Å². The Balaban J connectivity index is 2.48. The third-order valence-electron chi connectivity index (χ3n) is 2.65. The van der Waals surface area contributed by atoms with Gasteiger partial charge in [-0.05, 0) is 19.1 Å². The Hall–Kier alpha value is -2.18. The van der Waals surface area contributed by atoms with Gasteiger partial charge in [-0.25, -0.2) is 15.8 Å². The molecule has 0 fully saturated rings. The van der Waals surface area contributed by atoms with E-state index in [9.17, 15) is 0 Å². The van der Waals surface area contributed by atoms with Gasteiger partial charge in [0.05, 0.1) is 24.5 Å². The number of nitrogens with zero attached hydrogens (tertiary/aromatic N) is 2. The molecule has 0 saturated carbocycles. The zero-order valence-electron chi connectivity index (χ0n) is 11.6. The van der Waals surface area contributed by atoms with Crippen LogP contribution in [0, 0.1) is 0 Å². The van der Waals surface area contributed by atoms with Crippen LogP contribution in [0.2, 0.25) is 0 Å². The molecule has 0 bridgehead atoms. The van der Waals surface area contributed by atoms with Crippen molar-refractivity contribution in [1.82, 2.24) is 9.97 Å². The van der Waals surface area contributed by atoms with Crippen molar-refractivity contribution in [1.29, 1.82) is 0 Å². The Kier molecular flexibility index (Phi) is 4.86. The van der Waals surface area contributed by atoms with Crippen molar-refractivity contribution in [2.24, 2.45) is 5.84 Å². The van der Waals surface area contributed by atoms with Gasteiger partial charge in [0, 0.05) is 13.2 Å². The molecular weight excluding hydrogens is 256 g/mol. The first kappa shape index (κ1) is 14.2. The number of para-hydroxylation sites is 1. The molecule has 0 aliphatic rings. The maximum atomic E-state index is 5.60. The van der Waals surface area contributed by atoms with Crippen molar-refractivity contribution in [2.75, 3.05) is 19.1 Å². The molecule has 20 heavy (non-hydrogen) atoms. The summed E-state index contributed by atoms with van der Waals surface area (Å²) in [6.07, 6.45) is 0. The molecule has 3 N–H and O–H groups in total. The summed E-state index contributed by atoms with van der Waals surface area (Å²) in [5.41, 5.74) is 4.11. The topological polar surface area (TPSA) is 82.3 Å². The molecule has 1 heterocycles. The van der Waals surface area contributed by atoms with E-state index in [1.807, 2.05) is 31.2 Å². The van der Waals surface area contributed by atoms with Crippen LogP contribution in [0.25, 0.3) is 11.4 Å². The second-order valence-corrected chi connectivity index (χ2v) is 4.07. The maximum absolute atomic E-state index is 5.60. The third-order valence-corrected chi connectivity index (χ3v) is 2.65. The van der Waals surface area contributed by atoms with Crippen LogP contribution in [0.5, 0.6) is 5.75 Å². The predicted octanol–water partition coefficient (Wildman–Crippen LogP) is 1.97. The van der Waals surface area contributed by atoms with E-state index in [0.717, 1.165) is 17.0 Å². The lowest BCUT2D eigenvalue weighted by molar-refractivity contribution is 0.181. The van der Waals surface area contributed by atoms with Gasteiger partial charge in [-0.15, -0.1) is 0 Å². The standard InChI is InChI=1S/C14H18N4O2/c1-3-20-12-7-5-4-6-11(12)14-16-10(9-19-2)8-13(17-14)18-15/h4-8H,3,9,15H2,1-2H3,(H,16,17,18). The SMILES string of the molecule is CCOc1ccccc1-c1nc(COC)cc(NN)n1. The monoisotopic (exact) mass is 274 g/mol. The van der Waals surface area contributed by atoms with Crippen LogP contribution in [-0.4, -0.2) is 23.7 Å². The van der Waals surface area contributed by atoms with Gasteiger partial charge in [0.2, 0.25) is 0 Å². The highest BCUT2D eigenvalue weighted by molar-refractivity contribution is 5.65. The van der Waals surface area contributed by atoms with Crippen LogP contribution >= 0.6 is 0 Å². The highest BCUT2D eigenvalue weighted by Crippen LogP contribution is 2.28. The van der Waals surface area contributed by atoms with Gasteiger partial charge in [0.15, 0.2) is 5.82 Å². The first-order chi connectivity index (χ1) is 9.78. The molecule has 0 amide bonds. The van der Waals surface area contributed by atoms with Crippen molar-refractivity contribution in [3.63, 3.8) is 0 Å². The van der Waals surface area contributed by atoms with Gasteiger partial charge in [-0.3, -0.25) is 0 Å². The third kappa shape index (κ3) is 3.23. The molecule has 2 rings (SSSR count). The Bertz CT molecular complexity index is 575. The predicted molar refractivity (Wildman–Crippen MR) is 77.2 cm³/mol. The van der Waals surface area contributed by atoms with E-state index in [2.05, 4.69) is 15.4 Å². The molecule has 0 saturated heterocycles. The fraction of sp³-hybridized carbons (Fsp3) is 0.286. The molecule has 1 aromatic heterocycles. The van der Waals surface area contributed by atoms with E-state index in [1.54, 1.807) is 13.2 Å². The Labute approximate surface area is 117 Å². The van der Waals surface area contributed by atoms with Gasteiger partial charge in [-0.1, -0.05) is 12.1 Å². The summed E-state index contributed by atoms with van der Waals surface area (Å²) < 4.78 is 10.7. The second kappa shape index (κ2) is 6.83. The van der Waals surface area contributed by atoms with Crippen LogP contribution in [0.4, 0.5) is 5.82 Å². The van der Waals surface area contributed by atoms with Crippen LogP contribution in [0.3, 0.4) is 0 Å². The number of rotatable bonds is 6. The minimum Gasteiger partial charge on any atom is -0.493 e. The summed E-state index contributed by atoms with van der Waals surface area (Å²) in [4.78, 5) is 8.84. The average molecular weight is 274 g/mol. The molecule has 1 aromatic carbocycles. The van der Waals surface area contributed by atoms with E-state index in [-0.39, 0.29) is 0 Å². The maximum Gasteiger partial charge on any atom is 0.165 e. The van der Waals surface area contributed by atoms with E-state index in [0.29, 0.717) is 24.9 Å². The van der Waals surface area contributed by atoms with Crippen LogP contribution in [-0.2, 0) is 11.3 Å². The normalized spacial score (nSPS) is 10.3. The van der Waals surface area contributed by atoms with E-state index in [1.165, 1.54) is 0 Å². The lowest BCUT2D eigenvalue weighted by Gasteiger charge is -2.11. The molecule has 6 heteroatoms. The smallest absolute Gasteiger partial charge is 0.165 e. The number of hydrogen-bond acceptors (Lipinski definition) is 6. The highest BCUT2D eigenvalue weighted by Gasteiger charge is 2.11. The number of nitrogens with two attached hydrogens (primary N) is 1.